The Kier molecular flexibility index (Phi) is 5.20. The molecular formula is C16H22N2O3. The number of nitrogens with one attached hydrogen (secondary N) is 2. The Hall–Kier alpha value is -2.04. The first-order valence-corrected chi connectivity index (χ1v) is 7.38. The molecule has 2 rings (SSSR count). The molecule has 2 unspecified atom stereocenters. The molecule has 3 atom stereocenters. The second kappa shape index (κ2) is 7.11. The van der Waals surface area contributed by atoms with E-state index in [1.807, 2.05) is 6.07 Å². The van der Waals surface area contributed by atoms with Crippen molar-refractivity contribution in [1.29, 1.82) is 0 Å². The minimum atomic E-state index is -1.06. The molecule has 1 aromatic rings. The summed E-state index contributed by atoms with van der Waals surface area (Å²) >= 11 is 0. The summed E-state index contributed by atoms with van der Waals surface area (Å²) in [7, 11) is 0. The van der Waals surface area contributed by atoms with E-state index in [1.54, 1.807) is 24.3 Å². The van der Waals surface area contributed by atoms with Gasteiger partial charge in [0.15, 0.2) is 6.04 Å². The van der Waals surface area contributed by atoms with E-state index in [4.69, 9.17) is 0 Å². The summed E-state index contributed by atoms with van der Waals surface area (Å²) in [6.07, 6.45) is 3.46. The second-order valence-corrected chi connectivity index (χ2v) is 5.82. The van der Waals surface area contributed by atoms with Gasteiger partial charge in [-0.05, 0) is 30.2 Å². The third-order valence-electron chi connectivity index (χ3n) is 4.01. The molecule has 1 saturated carbocycles. The maximum atomic E-state index is 11.9. The average molecular weight is 290 g/mol. The minimum absolute atomic E-state index is 0.425. The highest BCUT2D eigenvalue weighted by molar-refractivity contribution is 5.83. The number of rotatable bonds is 5. The van der Waals surface area contributed by atoms with E-state index in [1.165, 1.54) is 6.42 Å². The first-order chi connectivity index (χ1) is 10.1. The third-order valence-corrected chi connectivity index (χ3v) is 4.01. The van der Waals surface area contributed by atoms with Crippen molar-refractivity contribution in [3.8, 4) is 0 Å². The van der Waals surface area contributed by atoms with Crippen LogP contribution >= 0.6 is 0 Å². The van der Waals surface area contributed by atoms with Crippen LogP contribution in [-0.2, 0) is 4.79 Å². The zero-order valence-corrected chi connectivity index (χ0v) is 12.2. The third kappa shape index (κ3) is 4.48. The minimum Gasteiger partial charge on any atom is -0.479 e. The lowest BCUT2D eigenvalue weighted by Crippen LogP contribution is -2.42. The van der Waals surface area contributed by atoms with Crippen LogP contribution in [0.3, 0.4) is 0 Å². The van der Waals surface area contributed by atoms with Crippen LogP contribution in [0.2, 0.25) is 0 Å². The largest absolute Gasteiger partial charge is 0.479 e. The molecule has 1 aliphatic carbocycles. The van der Waals surface area contributed by atoms with Gasteiger partial charge in [0.2, 0.25) is 0 Å². The molecule has 1 aromatic carbocycles. The maximum Gasteiger partial charge on any atom is 0.330 e. The molecule has 1 fully saturated rings. The van der Waals surface area contributed by atoms with Crippen LogP contribution in [-0.4, -0.2) is 23.7 Å². The van der Waals surface area contributed by atoms with Crippen LogP contribution in [0.1, 0.15) is 37.8 Å². The summed E-state index contributed by atoms with van der Waals surface area (Å²) in [6, 6.07) is 7.26. The van der Waals surface area contributed by atoms with Crippen LogP contribution in [0.25, 0.3) is 0 Å². The number of carbonyl (C=O) groups excluding carboxylic acids is 1. The Morgan fingerprint density at radius 2 is 2.00 bits per heavy atom. The highest BCUT2D eigenvalue weighted by Crippen LogP contribution is 2.29. The topological polar surface area (TPSA) is 78.4 Å². The predicted molar refractivity (Wildman–Crippen MR) is 79.9 cm³/mol. The van der Waals surface area contributed by atoms with Gasteiger partial charge >= 0.3 is 12.0 Å². The van der Waals surface area contributed by atoms with Crippen LogP contribution in [0.5, 0.6) is 0 Å². The van der Waals surface area contributed by atoms with Crippen LogP contribution in [0.15, 0.2) is 30.3 Å². The molecule has 114 valence electrons. The number of hydrogen-bond acceptors (Lipinski definition) is 2. The van der Waals surface area contributed by atoms with Crippen molar-refractivity contribution >= 4 is 12.0 Å². The van der Waals surface area contributed by atoms with Crippen molar-refractivity contribution in [2.45, 2.75) is 32.2 Å². The number of carbonyl (C=O) groups is 2. The molecular weight excluding hydrogens is 268 g/mol. The van der Waals surface area contributed by atoms with Gasteiger partial charge < -0.3 is 15.7 Å². The molecule has 5 nitrogen and oxygen atoms in total. The fraction of sp³-hybridized carbons (Fsp3) is 0.500. The number of benzene rings is 1. The van der Waals surface area contributed by atoms with E-state index >= 15 is 0 Å². The van der Waals surface area contributed by atoms with Crippen molar-refractivity contribution in [3.63, 3.8) is 0 Å². The summed E-state index contributed by atoms with van der Waals surface area (Å²) < 4.78 is 0. The molecule has 0 saturated heterocycles. The zero-order chi connectivity index (χ0) is 15.2. The summed E-state index contributed by atoms with van der Waals surface area (Å²) in [6.45, 7) is 2.83. The summed E-state index contributed by atoms with van der Waals surface area (Å²) in [5.41, 5.74) is 0.564. The number of carboxylic acid groups (broad SMARTS) is 1. The van der Waals surface area contributed by atoms with Crippen molar-refractivity contribution in [3.05, 3.63) is 35.9 Å². The Labute approximate surface area is 124 Å². The quantitative estimate of drug-likeness (QED) is 0.779. The second-order valence-electron chi connectivity index (χ2n) is 5.82. The van der Waals surface area contributed by atoms with Gasteiger partial charge in [-0.25, -0.2) is 9.59 Å². The molecule has 2 amide bonds. The normalized spacial score (nSPS) is 22.5. The molecule has 1 aliphatic rings. The Balaban J connectivity index is 1.86. The van der Waals surface area contributed by atoms with E-state index in [2.05, 4.69) is 17.6 Å². The smallest absolute Gasteiger partial charge is 0.330 e. The number of urea groups is 1. The van der Waals surface area contributed by atoms with Gasteiger partial charge in [0.1, 0.15) is 0 Å². The molecule has 0 aliphatic heterocycles. The summed E-state index contributed by atoms with van der Waals surface area (Å²) in [4.78, 5) is 23.2. The number of aliphatic carboxylic acids is 1. The molecule has 0 bridgehead atoms. The van der Waals surface area contributed by atoms with Crippen LogP contribution in [0, 0.1) is 11.8 Å². The summed E-state index contributed by atoms with van der Waals surface area (Å²) in [5.74, 6) is 0.160. The summed E-state index contributed by atoms with van der Waals surface area (Å²) in [5, 5.41) is 14.6. The first kappa shape index (κ1) is 15.4. The Morgan fingerprint density at radius 3 is 2.57 bits per heavy atom. The lowest BCUT2D eigenvalue weighted by molar-refractivity contribution is -0.139. The van der Waals surface area contributed by atoms with Gasteiger partial charge in [-0.3, -0.25) is 0 Å². The van der Waals surface area contributed by atoms with Gasteiger partial charge in [0, 0.05) is 6.54 Å². The highest BCUT2D eigenvalue weighted by atomic mass is 16.4. The van der Waals surface area contributed by atoms with E-state index in [9.17, 15) is 14.7 Å². The highest BCUT2D eigenvalue weighted by Gasteiger charge is 2.24. The predicted octanol–water partition coefficient (Wildman–Crippen LogP) is 2.55. The van der Waals surface area contributed by atoms with Crippen molar-refractivity contribution < 1.29 is 14.7 Å². The molecule has 21 heavy (non-hydrogen) atoms. The van der Waals surface area contributed by atoms with Gasteiger partial charge in [0.05, 0.1) is 0 Å². The first-order valence-electron chi connectivity index (χ1n) is 7.38. The molecule has 3 N–H and O–H groups in total. The van der Waals surface area contributed by atoms with E-state index in [-0.39, 0.29) is 0 Å². The standard InChI is InChI=1S/C16H22N2O3/c1-11-7-8-12(9-11)10-17-16(21)18-14(15(19)20)13-5-3-2-4-6-13/h2-6,11-12,14H,7-10H2,1H3,(H,19,20)(H2,17,18,21)/t11?,12?,14-/m0/s1. The molecule has 0 spiro atoms. The molecule has 0 radical (unpaired) electrons. The monoisotopic (exact) mass is 290 g/mol. The van der Waals surface area contributed by atoms with Crippen LogP contribution in [0.4, 0.5) is 4.79 Å². The van der Waals surface area contributed by atoms with E-state index in [0.29, 0.717) is 18.0 Å². The van der Waals surface area contributed by atoms with Crippen LogP contribution < -0.4 is 10.6 Å². The van der Waals surface area contributed by atoms with Gasteiger partial charge in [-0.1, -0.05) is 43.7 Å². The van der Waals surface area contributed by atoms with Crippen molar-refractivity contribution in [1.82, 2.24) is 10.6 Å². The maximum absolute atomic E-state index is 11.9. The number of hydrogen-bond donors (Lipinski definition) is 3. The number of amides is 2. The SMILES string of the molecule is CC1CCC(CNC(=O)N[C@H](C(=O)O)c2ccccc2)C1. The lowest BCUT2D eigenvalue weighted by atomic mass is 10.1. The number of carboxylic acids is 1. The van der Waals surface area contributed by atoms with Crippen molar-refractivity contribution in [2.75, 3.05) is 6.54 Å². The Morgan fingerprint density at radius 1 is 1.29 bits per heavy atom. The zero-order valence-electron chi connectivity index (χ0n) is 12.2. The van der Waals surface area contributed by atoms with Gasteiger partial charge in [-0.2, -0.15) is 0 Å². The molecule has 0 aromatic heterocycles. The molecule has 0 heterocycles. The fourth-order valence-corrected chi connectivity index (χ4v) is 2.86. The fourth-order valence-electron chi connectivity index (χ4n) is 2.86. The lowest BCUT2D eigenvalue weighted by Gasteiger charge is -2.17. The van der Waals surface area contributed by atoms with Crippen molar-refractivity contribution in [2.24, 2.45) is 11.8 Å². The van der Waals surface area contributed by atoms with E-state index < -0.39 is 18.0 Å². The van der Waals surface area contributed by atoms with E-state index in [0.717, 1.165) is 18.8 Å². The molecule has 5 heteroatoms. The van der Waals surface area contributed by atoms with Gasteiger partial charge in [-0.15, -0.1) is 0 Å². The Bertz CT molecular complexity index is 490. The average Bonchev–Trinajstić information content (AvgIpc) is 2.89. The van der Waals surface area contributed by atoms with Gasteiger partial charge in [0.25, 0.3) is 0 Å².